The summed E-state index contributed by atoms with van der Waals surface area (Å²) in [4.78, 5) is 34.2. The second-order valence-corrected chi connectivity index (χ2v) is 8.02. The van der Waals surface area contributed by atoms with Crippen molar-refractivity contribution < 1.29 is 9.53 Å². The number of nitrogens with zero attached hydrogens (tertiary/aromatic N) is 4. The van der Waals surface area contributed by atoms with Crippen molar-refractivity contribution in [3.63, 3.8) is 0 Å². The molecule has 3 aromatic rings. The van der Waals surface area contributed by atoms with Crippen LogP contribution in [0.3, 0.4) is 0 Å². The first-order valence-corrected chi connectivity index (χ1v) is 10.6. The Morgan fingerprint density at radius 1 is 1.21 bits per heavy atom. The van der Waals surface area contributed by atoms with Gasteiger partial charge in [-0.2, -0.15) is 0 Å². The van der Waals surface area contributed by atoms with Crippen LogP contribution in [0.4, 0.5) is 0 Å². The number of fused-ring (bicyclic) bond motifs is 1. The molecule has 8 heteroatoms. The Labute approximate surface area is 173 Å². The third-order valence-corrected chi connectivity index (χ3v) is 5.99. The van der Waals surface area contributed by atoms with Gasteiger partial charge in [-0.25, -0.2) is 4.98 Å². The van der Waals surface area contributed by atoms with Gasteiger partial charge in [0.2, 0.25) is 5.91 Å². The van der Waals surface area contributed by atoms with Gasteiger partial charge in [0, 0.05) is 56.8 Å². The number of piperazine rings is 1. The van der Waals surface area contributed by atoms with Crippen molar-refractivity contribution in [3.05, 3.63) is 63.5 Å². The predicted octanol–water partition coefficient (Wildman–Crippen LogP) is 2.04. The highest BCUT2D eigenvalue weighted by Crippen LogP contribution is 2.15. The van der Waals surface area contributed by atoms with Crippen molar-refractivity contribution in [1.82, 2.24) is 19.2 Å². The lowest BCUT2D eigenvalue weighted by Crippen LogP contribution is -2.48. The molecule has 152 valence electrons. The normalized spacial score (nSPS) is 15.0. The average molecular weight is 413 g/mol. The van der Waals surface area contributed by atoms with E-state index in [-0.39, 0.29) is 11.5 Å². The minimum atomic E-state index is -0.0439. The van der Waals surface area contributed by atoms with E-state index in [1.807, 2.05) is 34.5 Å². The number of ether oxygens (including phenoxy) is 1. The Bertz CT molecular complexity index is 1050. The fourth-order valence-corrected chi connectivity index (χ4v) is 4.33. The minimum absolute atomic E-state index is 0.0439. The van der Waals surface area contributed by atoms with Crippen molar-refractivity contribution in [2.24, 2.45) is 0 Å². The zero-order valence-electron chi connectivity index (χ0n) is 16.4. The summed E-state index contributed by atoms with van der Waals surface area (Å²) in [6.07, 6.45) is 2.96. The quantitative estimate of drug-likeness (QED) is 0.620. The predicted molar refractivity (Wildman–Crippen MR) is 113 cm³/mol. The number of thiazole rings is 1. The number of hydrogen-bond acceptors (Lipinski definition) is 6. The van der Waals surface area contributed by atoms with Crippen LogP contribution in [0.2, 0.25) is 0 Å². The summed E-state index contributed by atoms with van der Waals surface area (Å²) in [7, 11) is 1.65. The van der Waals surface area contributed by atoms with E-state index in [0.717, 1.165) is 35.1 Å². The Morgan fingerprint density at radius 3 is 2.83 bits per heavy atom. The molecule has 0 radical (unpaired) electrons. The molecule has 7 nitrogen and oxygen atoms in total. The van der Waals surface area contributed by atoms with Crippen LogP contribution in [-0.4, -0.2) is 58.4 Å². The maximum absolute atomic E-state index is 12.6. The molecular formula is C21H24N4O3S. The van der Waals surface area contributed by atoms with Crippen LogP contribution in [-0.2, 0) is 17.8 Å². The van der Waals surface area contributed by atoms with Crippen molar-refractivity contribution >= 4 is 22.2 Å². The topological polar surface area (TPSA) is 67.2 Å². The number of aromatic nitrogens is 2. The number of methoxy groups -OCH3 is 1. The second kappa shape index (κ2) is 8.75. The van der Waals surface area contributed by atoms with Gasteiger partial charge in [-0.15, -0.1) is 11.3 Å². The maximum Gasteiger partial charge on any atom is 0.258 e. The first-order valence-electron chi connectivity index (χ1n) is 9.71. The minimum Gasteiger partial charge on any atom is -0.497 e. The number of carbonyl (C=O) groups is 1. The fourth-order valence-electron chi connectivity index (χ4n) is 3.59. The van der Waals surface area contributed by atoms with Gasteiger partial charge in [0.1, 0.15) is 5.75 Å². The van der Waals surface area contributed by atoms with E-state index < -0.39 is 0 Å². The Hall–Kier alpha value is -2.71. The number of benzene rings is 1. The molecule has 1 aliphatic heterocycles. The van der Waals surface area contributed by atoms with E-state index in [4.69, 9.17) is 4.74 Å². The zero-order valence-corrected chi connectivity index (χ0v) is 17.2. The molecule has 0 spiro atoms. The molecule has 0 bridgehead atoms. The van der Waals surface area contributed by atoms with Gasteiger partial charge in [0.25, 0.3) is 5.56 Å². The first kappa shape index (κ1) is 19.6. The molecule has 2 aromatic heterocycles. The van der Waals surface area contributed by atoms with E-state index >= 15 is 0 Å². The number of carbonyl (C=O) groups excluding carboxylic acids is 1. The number of rotatable bonds is 6. The van der Waals surface area contributed by atoms with Gasteiger partial charge in [0.15, 0.2) is 4.96 Å². The van der Waals surface area contributed by atoms with Crippen LogP contribution in [0.15, 0.2) is 46.7 Å². The smallest absolute Gasteiger partial charge is 0.258 e. The van der Waals surface area contributed by atoms with Crippen LogP contribution in [0, 0.1) is 0 Å². The standard InChI is InChI=1S/C21H24N4O3S/c1-28-18-4-2-3-16(13-18)5-6-19(26)24-9-7-23(8-10-24)15-17-14-20(27)25-11-12-29-21(25)22-17/h2-4,11-14H,5-10,15H2,1H3. The molecule has 1 saturated heterocycles. The van der Waals surface area contributed by atoms with Crippen molar-refractivity contribution in [1.29, 1.82) is 0 Å². The molecule has 1 aliphatic rings. The lowest BCUT2D eigenvalue weighted by molar-refractivity contribution is -0.133. The molecule has 0 atom stereocenters. The molecule has 29 heavy (non-hydrogen) atoms. The number of amides is 1. The van der Waals surface area contributed by atoms with Crippen LogP contribution >= 0.6 is 11.3 Å². The monoisotopic (exact) mass is 412 g/mol. The third-order valence-electron chi connectivity index (χ3n) is 5.23. The first-order chi connectivity index (χ1) is 14.1. The highest BCUT2D eigenvalue weighted by Gasteiger charge is 2.21. The van der Waals surface area contributed by atoms with Crippen LogP contribution < -0.4 is 10.3 Å². The zero-order chi connectivity index (χ0) is 20.2. The molecule has 1 aromatic carbocycles. The Morgan fingerprint density at radius 2 is 2.03 bits per heavy atom. The van der Waals surface area contributed by atoms with Gasteiger partial charge in [-0.05, 0) is 24.1 Å². The second-order valence-electron chi connectivity index (χ2n) is 7.15. The van der Waals surface area contributed by atoms with Crippen LogP contribution in [0.25, 0.3) is 4.96 Å². The molecule has 0 N–H and O–H groups in total. The fraction of sp³-hybridized carbons (Fsp3) is 0.381. The van der Waals surface area contributed by atoms with Crippen molar-refractivity contribution in [2.45, 2.75) is 19.4 Å². The molecule has 1 fully saturated rings. The summed E-state index contributed by atoms with van der Waals surface area (Å²) in [6.45, 7) is 3.62. The Balaban J connectivity index is 1.28. The molecule has 4 rings (SSSR count). The Kier molecular flexibility index (Phi) is 5.92. The summed E-state index contributed by atoms with van der Waals surface area (Å²) >= 11 is 1.46. The highest BCUT2D eigenvalue weighted by molar-refractivity contribution is 7.15. The van der Waals surface area contributed by atoms with Crippen LogP contribution in [0.5, 0.6) is 5.75 Å². The number of hydrogen-bond donors (Lipinski definition) is 0. The van der Waals surface area contributed by atoms with Gasteiger partial charge < -0.3 is 9.64 Å². The van der Waals surface area contributed by atoms with E-state index in [2.05, 4.69) is 9.88 Å². The number of aryl methyl sites for hydroxylation is 1. The van der Waals surface area contributed by atoms with Gasteiger partial charge in [0.05, 0.1) is 12.8 Å². The molecular weight excluding hydrogens is 388 g/mol. The van der Waals surface area contributed by atoms with Gasteiger partial charge >= 0.3 is 0 Å². The molecule has 1 amide bonds. The van der Waals surface area contributed by atoms with E-state index in [1.54, 1.807) is 23.8 Å². The third kappa shape index (κ3) is 4.65. The molecule has 0 aliphatic carbocycles. The summed E-state index contributed by atoms with van der Waals surface area (Å²) in [6, 6.07) is 9.46. The van der Waals surface area contributed by atoms with Gasteiger partial charge in [-0.1, -0.05) is 12.1 Å². The highest BCUT2D eigenvalue weighted by atomic mass is 32.1. The summed E-state index contributed by atoms with van der Waals surface area (Å²) in [5.74, 6) is 1.00. The van der Waals surface area contributed by atoms with Crippen LogP contribution in [0.1, 0.15) is 17.7 Å². The van der Waals surface area contributed by atoms with E-state index in [0.29, 0.717) is 32.5 Å². The summed E-state index contributed by atoms with van der Waals surface area (Å²) in [5.41, 5.74) is 1.85. The van der Waals surface area contributed by atoms with Crippen molar-refractivity contribution in [2.75, 3.05) is 33.3 Å². The summed E-state index contributed by atoms with van der Waals surface area (Å²) in [5, 5.41) is 1.86. The average Bonchev–Trinajstić information content (AvgIpc) is 3.22. The van der Waals surface area contributed by atoms with E-state index in [1.165, 1.54) is 11.3 Å². The lowest BCUT2D eigenvalue weighted by atomic mass is 10.1. The van der Waals surface area contributed by atoms with Crippen molar-refractivity contribution in [3.8, 4) is 5.75 Å². The lowest BCUT2D eigenvalue weighted by Gasteiger charge is -2.34. The molecule has 3 heterocycles. The molecule has 0 unspecified atom stereocenters. The molecule has 0 saturated carbocycles. The SMILES string of the molecule is COc1cccc(CCC(=O)N2CCN(Cc3cc(=O)n4ccsc4n3)CC2)c1. The maximum atomic E-state index is 12.6. The van der Waals surface area contributed by atoms with E-state index in [9.17, 15) is 9.59 Å². The largest absolute Gasteiger partial charge is 0.497 e. The van der Waals surface area contributed by atoms with Gasteiger partial charge in [-0.3, -0.25) is 18.9 Å². The summed E-state index contributed by atoms with van der Waals surface area (Å²) < 4.78 is 6.80.